The largest absolute Gasteiger partial charge is 0.440 e. The summed E-state index contributed by atoms with van der Waals surface area (Å²) in [4.78, 5) is 32.3. The number of carbonyl (C=O) groups excluding carboxylic acids is 2. The number of nitrogens with zero attached hydrogens (tertiary/aromatic N) is 3. The van der Waals surface area contributed by atoms with E-state index in [1.54, 1.807) is 16.7 Å². The zero-order valence-corrected chi connectivity index (χ0v) is 14.1. The quantitative estimate of drug-likeness (QED) is 0.852. The third-order valence-electron chi connectivity index (χ3n) is 4.59. The van der Waals surface area contributed by atoms with Crippen molar-refractivity contribution in [1.29, 1.82) is 0 Å². The number of para-hydroxylation sites is 2. The zero-order valence-electron chi connectivity index (χ0n) is 13.3. The Kier molecular flexibility index (Phi) is 4.18. The highest BCUT2D eigenvalue weighted by atomic mass is 32.2. The molecule has 2 fully saturated rings. The number of oxazole rings is 1. The average molecular weight is 345 g/mol. The molecular formula is C17H19N3O3S. The number of likely N-dealkylation sites (tertiary alicyclic amines) is 1. The normalized spacial score (nSPS) is 21.7. The van der Waals surface area contributed by atoms with E-state index in [0.29, 0.717) is 24.1 Å². The highest BCUT2D eigenvalue weighted by Gasteiger charge is 2.30. The lowest BCUT2D eigenvalue weighted by molar-refractivity contribution is -0.138. The molecule has 2 aromatic rings. The first-order valence-corrected chi connectivity index (χ1v) is 9.35. The van der Waals surface area contributed by atoms with Crippen molar-refractivity contribution in [3.63, 3.8) is 0 Å². The van der Waals surface area contributed by atoms with E-state index in [1.807, 2.05) is 29.2 Å². The van der Waals surface area contributed by atoms with Crippen LogP contribution < -0.4 is 0 Å². The number of hydrogen-bond donors (Lipinski definition) is 0. The second-order valence-corrected chi connectivity index (χ2v) is 7.22. The van der Waals surface area contributed by atoms with E-state index < -0.39 is 0 Å². The number of hydrogen-bond acceptors (Lipinski definition) is 5. The van der Waals surface area contributed by atoms with Gasteiger partial charge >= 0.3 is 0 Å². The van der Waals surface area contributed by atoms with Gasteiger partial charge in [0.15, 0.2) is 11.5 Å². The Labute approximate surface area is 144 Å². The maximum Gasteiger partial charge on any atom is 0.242 e. The van der Waals surface area contributed by atoms with Crippen LogP contribution in [-0.4, -0.2) is 57.9 Å². The maximum absolute atomic E-state index is 12.5. The van der Waals surface area contributed by atoms with Crippen molar-refractivity contribution in [2.24, 2.45) is 0 Å². The second-order valence-electron chi connectivity index (χ2n) is 6.27. The van der Waals surface area contributed by atoms with Crippen LogP contribution in [0.1, 0.15) is 24.7 Å². The summed E-state index contributed by atoms with van der Waals surface area (Å²) >= 11 is 1.56. The molecule has 2 aliphatic rings. The predicted molar refractivity (Wildman–Crippen MR) is 91.6 cm³/mol. The van der Waals surface area contributed by atoms with Gasteiger partial charge in [-0.1, -0.05) is 12.1 Å². The number of aromatic nitrogens is 1. The fraction of sp³-hybridized carbons (Fsp3) is 0.471. The molecule has 0 unspecified atom stereocenters. The monoisotopic (exact) mass is 345 g/mol. The van der Waals surface area contributed by atoms with Crippen molar-refractivity contribution in [3.8, 4) is 0 Å². The summed E-state index contributed by atoms with van der Waals surface area (Å²) in [7, 11) is 0. The minimum absolute atomic E-state index is 0.0201. The summed E-state index contributed by atoms with van der Waals surface area (Å²) in [5.74, 6) is 2.01. The molecule has 4 rings (SSSR count). The Morgan fingerprint density at radius 2 is 2.25 bits per heavy atom. The number of fused-ring (bicyclic) bond motifs is 1. The molecule has 1 atom stereocenters. The Balaban J connectivity index is 1.45. The fourth-order valence-corrected chi connectivity index (χ4v) is 4.18. The average Bonchev–Trinajstić information content (AvgIpc) is 3.21. The van der Waals surface area contributed by atoms with E-state index in [1.165, 1.54) is 0 Å². The first-order chi connectivity index (χ1) is 11.7. The molecule has 2 amide bonds. The lowest BCUT2D eigenvalue weighted by atomic mass is 9.98. The van der Waals surface area contributed by atoms with Gasteiger partial charge < -0.3 is 14.2 Å². The molecule has 0 spiro atoms. The Bertz CT molecular complexity index is 742. The molecule has 0 radical (unpaired) electrons. The Hall–Kier alpha value is -2.02. The van der Waals surface area contributed by atoms with Crippen molar-refractivity contribution in [3.05, 3.63) is 30.2 Å². The molecule has 1 aromatic heterocycles. The van der Waals surface area contributed by atoms with Gasteiger partial charge in [0.25, 0.3) is 0 Å². The number of amides is 2. The van der Waals surface area contributed by atoms with Gasteiger partial charge in [-0.3, -0.25) is 9.59 Å². The van der Waals surface area contributed by atoms with Crippen LogP contribution in [0.15, 0.2) is 28.7 Å². The van der Waals surface area contributed by atoms with Gasteiger partial charge in [-0.25, -0.2) is 4.98 Å². The zero-order chi connectivity index (χ0) is 16.5. The lowest BCUT2D eigenvalue weighted by Gasteiger charge is -2.32. The van der Waals surface area contributed by atoms with E-state index in [0.717, 1.165) is 30.5 Å². The number of thioether (sulfide) groups is 1. The van der Waals surface area contributed by atoms with Crippen molar-refractivity contribution in [1.82, 2.24) is 14.8 Å². The molecule has 126 valence electrons. The third-order valence-corrected chi connectivity index (χ3v) is 5.53. The molecule has 24 heavy (non-hydrogen) atoms. The lowest BCUT2D eigenvalue weighted by Crippen LogP contribution is -2.45. The molecule has 3 heterocycles. The van der Waals surface area contributed by atoms with Crippen LogP contribution >= 0.6 is 11.8 Å². The summed E-state index contributed by atoms with van der Waals surface area (Å²) in [6, 6.07) is 7.72. The minimum atomic E-state index is 0.0201. The maximum atomic E-state index is 12.5. The van der Waals surface area contributed by atoms with Crippen LogP contribution in [0.4, 0.5) is 0 Å². The highest BCUT2D eigenvalue weighted by molar-refractivity contribution is 8.00. The molecule has 0 saturated carbocycles. The number of rotatable bonds is 3. The van der Waals surface area contributed by atoms with E-state index in [9.17, 15) is 9.59 Å². The van der Waals surface area contributed by atoms with E-state index in [2.05, 4.69) is 4.98 Å². The number of carbonyl (C=O) groups is 2. The SMILES string of the molecule is O=C1CSCN1CC(=O)N1CCC[C@@H](c2nc3ccccc3o2)C1. The molecule has 0 N–H and O–H groups in total. The molecule has 2 saturated heterocycles. The number of benzene rings is 1. The van der Waals surface area contributed by atoms with E-state index >= 15 is 0 Å². The Morgan fingerprint density at radius 1 is 1.38 bits per heavy atom. The molecule has 1 aromatic carbocycles. The molecular weight excluding hydrogens is 326 g/mol. The van der Waals surface area contributed by atoms with Gasteiger partial charge in [0.05, 0.1) is 17.5 Å². The third kappa shape index (κ3) is 3.00. The summed E-state index contributed by atoms with van der Waals surface area (Å²) < 4.78 is 5.87. The highest BCUT2D eigenvalue weighted by Crippen LogP contribution is 2.29. The first-order valence-electron chi connectivity index (χ1n) is 8.19. The molecule has 7 heteroatoms. The molecule has 6 nitrogen and oxygen atoms in total. The van der Waals surface area contributed by atoms with Crippen LogP contribution in [0.3, 0.4) is 0 Å². The molecule has 0 aliphatic carbocycles. The van der Waals surface area contributed by atoms with Crippen molar-refractivity contribution >= 4 is 34.7 Å². The summed E-state index contributed by atoms with van der Waals surface area (Å²) in [6.07, 6.45) is 1.90. The summed E-state index contributed by atoms with van der Waals surface area (Å²) in [5, 5.41) is 0. The first kappa shape index (κ1) is 15.5. The topological polar surface area (TPSA) is 66.7 Å². The van der Waals surface area contributed by atoms with E-state index in [4.69, 9.17) is 4.42 Å². The Morgan fingerprint density at radius 3 is 3.04 bits per heavy atom. The van der Waals surface area contributed by atoms with Crippen LogP contribution in [-0.2, 0) is 9.59 Å². The van der Waals surface area contributed by atoms with E-state index in [-0.39, 0.29) is 24.3 Å². The summed E-state index contributed by atoms with van der Waals surface area (Å²) in [5.41, 5.74) is 1.64. The van der Waals surface area contributed by atoms with Gasteiger partial charge in [-0.15, -0.1) is 11.8 Å². The minimum Gasteiger partial charge on any atom is -0.440 e. The fourth-order valence-electron chi connectivity index (χ4n) is 3.27. The summed E-state index contributed by atoms with van der Waals surface area (Å²) in [6.45, 7) is 1.54. The molecule has 2 aliphatic heterocycles. The predicted octanol–water partition coefficient (Wildman–Crippen LogP) is 2.07. The smallest absolute Gasteiger partial charge is 0.242 e. The van der Waals surface area contributed by atoms with Crippen molar-refractivity contribution in [2.75, 3.05) is 31.3 Å². The van der Waals surface area contributed by atoms with Crippen LogP contribution in [0.2, 0.25) is 0 Å². The van der Waals surface area contributed by atoms with Gasteiger partial charge in [-0.05, 0) is 25.0 Å². The van der Waals surface area contributed by atoms with Gasteiger partial charge in [-0.2, -0.15) is 0 Å². The van der Waals surface area contributed by atoms with Crippen LogP contribution in [0.25, 0.3) is 11.1 Å². The van der Waals surface area contributed by atoms with Crippen LogP contribution in [0, 0.1) is 0 Å². The standard InChI is InChI=1S/C17H19N3O3S/c21-15(9-20-11-24-10-16(20)22)19-7-3-4-12(8-19)17-18-13-5-1-2-6-14(13)23-17/h1-2,5-6,12H,3-4,7-11H2/t12-/m1/s1. The molecule has 0 bridgehead atoms. The van der Waals surface area contributed by atoms with Crippen molar-refractivity contribution < 1.29 is 14.0 Å². The van der Waals surface area contributed by atoms with Crippen molar-refractivity contribution in [2.45, 2.75) is 18.8 Å². The van der Waals surface area contributed by atoms with Crippen LogP contribution in [0.5, 0.6) is 0 Å². The number of piperidine rings is 1. The van der Waals surface area contributed by atoms with Gasteiger partial charge in [0, 0.05) is 13.1 Å². The van der Waals surface area contributed by atoms with Gasteiger partial charge in [0.2, 0.25) is 11.8 Å². The van der Waals surface area contributed by atoms with Gasteiger partial charge in [0.1, 0.15) is 12.1 Å². The second kappa shape index (κ2) is 6.47.